The Bertz CT molecular complexity index is 331. The highest BCUT2D eigenvalue weighted by atomic mass is 28.4. The van der Waals surface area contributed by atoms with Gasteiger partial charge in [0.25, 0.3) is 0 Å². The van der Waals surface area contributed by atoms with Crippen molar-refractivity contribution in [2.24, 2.45) is 0 Å². The molecule has 0 aliphatic rings. The van der Waals surface area contributed by atoms with Gasteiger partial charge in [-0.3, -0.25) is 0 Å². The molecule has 1 nitrogen and oxygen atoms in total. The fourth-order valence-corrected chi connectivity index (χ4v) is 4.63. The largest absolute Gasteiger partial charge is 0.403 e. The summed E-state index contributed by atoms with van der Waals surface area (Å²) in [5.41, 5.74) is 0. The second-order valence-corrected chi connectivity index (χ2v) is 15.7. The standard InChI is InChI=1S/C14H27OSi.2C2H5.Al/c1-8-10-11-12-13(9-2)15-16(6,7)14(3,4)5;2*1-2;/h13H,8,10-12H2,1,3-7H3;2*1H2,2H3;/t13-;;;/m1.../s1. The first-order valence-corrected chi connectivity index (χ1v) is 14.0. The lowest BCUT2D eigenvalue weighted by molar-refractivity contribution is 0.219. The zero-order chi connectivity index (χ0) is 16.5. The Morgan fingerprint density at radius 3 is 2.05 bits per heavy atom. The molecule has 122 valence electrons. The third kappa shape index (κ3) is 8.47. The summed E-state index contributed by atoms with van der Waals surface area (Å²) in [7, 11) is -1.71. The van der Waals surface area contributed by atoms with Crippen molar-refractivity contribution in [3.63, 3.8) is 0 Å². The highest BCUT2D eigenvalue weighted by Gasteiger charge is 2.38. The molecule has 3 heteroatoms. The van der Waals surface area contributed by atoms with Gasteiger partial charge in [-0.25, -0.2) is 4.78 Å². The van der Waals surface area contributed by atoms with Crippen LogP contribution in [0.5, 0.6) is 0 Å². The van der Waals surface area contributed by atoms with Gasteiger partial charge < -0.3 is 4.43 Å². The molecule has 0 rings (SSSR count). The Kier molecular flexibility index (Phi) is 10.3. The Morgan fingerprint density at radius 2 is 1.62 bits per heavy atom. The van der Waals surface area contributed by atoms with E-state index in [1.807, 2.05) is 0 Å². The summed E-state index contributed by atoms with van der Waals surface area (Å²) in [4.78, 5) is 3.61. The fourth-order valence-electron chi connectivity index (χ4n) is 1.98. The monoisotopic (exact) mass is 324 g/mol. The quantitative estimate of drug-likeness (QED) is 0.301. The molecule has 21 heavy (non-hydrogen) atoms. The summed E-state index contributed by atoms with van der Waals surface area (Å²) < 4.78 is 6.58. The van der Waals surface area contributed by atoms with E-state index in [-0.39, 0.29) is 11.1 Å². The summed E-state index contributed by atoms with van der Waals surface area (Å²) >= 11 is -0.825. The second-order valence-electron chi connectivity index (χ2n) is 7.66. The first kappa shape index (κ1) is 21.3. The fraction of sp³-hybridized carbons (Fsp3) is 0.889. The van der Waals surface area contributed by atoms with Gasteiger partial charge in [-0.15, -0.1) is 0 Å². The molecule has 0 N–H and O–H groups in total. The van der Waals surface area contributed by atoms with E-state index >= 15 is 0 Å². The van der Waals surface area contributed by atoms with Crippen molar-refractivity contribution >= 4 is 22.5 Å². The normalized spacial score (nSPS) is 13.5. The summed E-state index contributed by atoms with van der Waals surface area (Å²) in [6.07, 6.45) is 5.09. The lowest BCUT2D eigenvalue weighted by atomic mass is 10.1. The molecule has 0 fully saturated rings. The molecule has 0 aromatic rings. The van der Waals surface area contributed by atoms with Crippen LogP contribution in [-0.2, 0) is 4.43 Å². The van der Waals surface area contributed by atoms with E-state index in [9.17, 15) is 0 Å². The number of hydrogen-bond acceptors (Lipinski definition) is 1. The van der Waals surface area contributed by atoms with Crippen LogP contribution in [0.25, 0.3) is 0 Å². The highest BCUT2D eigenvalue weighted by Crippen LogP contribution is 2.37. The average Bonchev–Trinajstić information content (AvgIpc) is 2.38. The maximum Gasteiger partial charge on any atom is 0.375 e. The third-order valence-corrected chi connectivity index (χ3v) is 11.8. The lowest BCUT2D eigenvalue weighted by Crippen LogP contribution is -2.43. The van der Waals surface area contributed by atoms with E-state index in [2.05, 4.69) is 65.3 Å². The lowest BCUT2D eigenvalue weighted by Gasteiger charge is -2.38. The Hall–Kier alpha value is 0.269. The molecule has 0 spiro atoms. The minimum absolute atomic E-state index is 0.172. The van der Waals surface area contributed by atoms with Crippen molar-refractivity contribution < 1.29 is 4.43 Å². The van der Waals surface area contributed by atoms with Crippen molar-refractivity contribution in [1.29, 1.82) is 0 Å². The van der Waals surface area contributed by atoms with Crippen LogP contribution >= 0.6 is 0 Å². The smallest absolute Gasteiger partial charge is 0.375 e. The summed E-state index contributed by atoms with van der Waals surface area (Å²) in [6, 6.07) is 0. The van der Waals surface area contributed by atoms with Crippen molar-refractivity contribution in [2.45, 2.75) is 102 Å². The molecule has 0 bridgehead atoms. The van der Waals surface area contributed by atoms with Crippen LogP contribution in [0, 0.1) is 10.7 Å². The zero-order valence-corrected chi connectivity index (χ0v) is 18.0. The van der Waals surface area contributed by atoms with E-state index in [0.717, 1.165) is 6.42 Å². The van der Waals surface area contributed by atoms with Gasteiger partial charge in [0.2, 0.25) is 0 Å². The molecule has 0 heterocycles. The first-order chi connectivity index (χ1) is 9.67. The molecule has 0 aliphatic heterocycles. The van der Waals surface area contributed by atoms with Crippen LogP contribution in [0.4, 0.5) is 0 Å². The summed E-state index contributed by atoms with van der Waals surface area (Å²) in [5.74, 6) is 3.53. The van der Waals surface area contributed by atoms with Crippen LogP contribution in [0.15, 0.2) is 0 Å². The molecular formula is C18H37AlOSi. The molecule has 0 aromatic carbocycles. The highest BCUT2D eigenvalue weighted by molar-refractivity contribution is 6.74. The van der Waals surface area contributed by atoms with Gasteiger partial charge in [0.15, 0.2) is 8.32 Å². The Balaban J connectivity index is 4.89. The molecule has 0 radical (unpaired) electrons. The third-order valence-electron chi connectivity index (χ3n) is 4.75. The average molecular weight is 325 g/mol. The predicted molar refractivity (Wildman–Crippen MR) is 101 cm³/mol. The van der Waals surface area contributed by atoms with Gasteiger partial charge in [-0.2, -0.15) is 0 Å². The van der Waals surface area contributed by atoms with Crippen molar-refractivity contribution in [2.75, 3.05) is 0 Å². The van der Waals surface area contributed by atoms with Crippen molar-refractivity contribution in [1.82, 2.24) is 0 Å². The SMILES string of the molecule is CCCCC[C@@H](C#[C][Al]([CH2]C)[CH2]C)O[Si](C)(C)C(C)(C)C. The molecule has 0 aromatic heterocycles. The van der Waals surface area contributed by atoms with Gasteiger partial charge in [-0.1, -0.05) is 70.9 Å². The molecule has 0 saturated heterocycles. The molecule has 0 unspecified atom stereocenters. The number of rotatable bonds is 8. The van der Waals surface area contributed by atoms with Crippen LogP contribution in [0.1, 0.15) is 67.2 Å². The van der Waals surface area contributed by atoms with E-state index < -0.39 is 22.5 Å². The van der Waals surface area contributed by atoms with Crippen LogP contribution < -0.4 is 0 Å². The second kappa shape index (κ2) is 10.1. The van der Waals surface area contributed by atoms with E-state index in [1.165, 1.54) is 29.8 Å². The maximum atomic E-state index is 6.58. The van der Waals surface area contributed by atoms with E-state index in [1.54, 1.807) is 0 Å². The van der Waals surface area contributed by atoms with Gasteiger partial charge in [0.1, 0.15) is 6.10 Å². The summed E-state index contributed by atoms with van der Waals surface area (Å²) in [6.45, 7) is 18.5. The predicted octanol–water partition coefficient (Wildman–Crippen LogP) is 6.03. The van der Waals surface area contributed by atoms with Gasteiger partial charge in [-0.05, 0) is 31.0 Å². The first-order valence-electron chi connectivity index (χ1n) is 8.86. The van der Waals surface area contributed by atoms with Crippen molar-refractivity contribution in [3.8, 4) is 10.7 Å². The molecule has 1 atom stereocenters. The van der Waals surface area contributed by atoms with Crippen LogP contribution in [-0.4, -0.2) is 28.6 Å². The Morgan fingerprint density at radius 1 is 1.05 bits per heavy atom. The van der Waals surface area contributed by atoms with Crippen LogP contribution in [0.2, 0.25) is 28.7 Å². The molecule has 0 saturated carbocycles. The van der Waals surface area contributed by atoms with E-state index in [0.29, 0.717) is 0 Å². The van der Waals surface area contributed by atoms with Gasteiger partial charge in [0.05, 0.1) is 0 Å². The van der Waals surface area contributed by atoms with Crippen LogP contribution in [0.3, 0.4) is 0 Å². The molecular weight excluding hydrogens is 287 g/mol. The maximum absolute atomic E-state index is 6.58. The minimum atomic E-state index is -1.71. The van der Waals surface area contributed by atoms with E-state index in [4.69, 9.17) is 4.43 Å². The number of unbranched alkanes of at least 4 members (excludes halogenated alkanes) is 2. The molecule has 0 amide bonds. The minimum Gasteiger partial charge on any atom is -0.403 e. The molecule has 0 aliphatic carbocycles. The zero-order valence-electron chi connectivity index (χ0n) is 15.8. The Labute approximate surface area is 139 Å². The topological polar surface area (TPSA) is 9.23 Å². The van der Waals surface area contributed by atoms with Crippen molar-refractivity contribution in [3.05, 3.63) is 0 Å². The van der Waals surface area contributed by atoms with Gasteiger partial charge >= 0.3 is 14.1 Å². The number of hydrogen-bond donors (Lipinski definition) is 0. The summed E-state index contributed by atoms with van der Waals surface area (Å²) in [5, 5.41) is 2.83. The van der Waals surface area contributed by atoms with Gasteiger partial charge in [0, 0.05) is 0 Å².